The number of carbonyl (C=O) groups excluding carboxylic acids is 1. The first kappa shape index (κ1) is 18.3. The van der Waals surface area contributed by atoms with Crippen LogP contribution < -0.4 is 4.74 Å². The van der Waals surface area contributed by atoms with Gasteiger partial charge in [0.1, 0.15) is 5.82 Å². The number of nitrogens with zero attached hydrogens (tertiary/aromatic N) is 4. The van der Waals surface area contributed by atoms with E-state index in [2.05, 4.69) is 9.97 Å². The lowest BCUT2D eigenvalue weighted by atomic mass is 10.1. The SMILES string of the molecule is Cc1cc(Oc2ccccc2F)nc(C2CCN(C(=O)CN(C)C)C2)n1. The van der Waals surface area contributed by atoms with Crippen molar-refractivity contribution in [3.8, 4) is 11.6 Å². The fourth-order valence-electron chi connectivity index (χ4n) is 3.00. The third-order valence-corrected chi connectivity index (χ3v) is 4.26. The molecule has 1 aromatic heterocycles. The minimum Gasteiger partial charge on any atom is -0.436 e. The lowest BCUT2D eigenvalue weighted by molar-refractivity contribution is -0.130. The van der Waals surface area contributed by atoms with Crippen LogP contribution >= 0.6 is 0 Å². The van der Waals surface area contributed by atoms with Gasteiger partial charge in [-0.05, 0) is 39.6 Å². The largest absolute Gasteiger partial charge is 0.436 e. The van der Waals surface area contributed by atoms with Gasteiger partial charge in [0.2, 0.25) is 11.8 Å². The summed E-state index contributed by atoms with van der Waals surface area (Å²) in [5, 5.41) is 0. The number of halogens is 1. The number of likely N-dealkylation sites (N-methyl/N-ethyl adjacent to an activating group) is 1. The molecule has 1 aromatic carbocycles. The van der Waals surface area contributed by atoms with Crippen LogP contribution in [0.15, 0.2) is 30.3 Å². The highest BCUT2D eigenvalue weighted by atomic mass is 19.1. The molecule has 7 heteroatoms. The average Bonchev–Trinajstić information content (AvgIpc) is 3.06. The number of amides is 1. The predicted octanol–water partition coefficient (Wildman–Crippen LogP) is 2.59. The number of likely N-dealkylation sites (tertiary alicyclic amines) is 1. The Morgan fingerprint density at radius 1 is 1.35 bits per heavy atom. The molecule has 1 saturated heterocycles. The third-order valence-electron chi connectivity index (χ3n) is 4.26. The van der Waals surface area contributed by atoms with Gasteiger partial charge < -0.3 is 14.5 Å². The van der Waals surface area contributed by atoms with Crippen molar-refractivity contribution in [3.05, 3.63) is 47.7 Å². The number of ether oxygens (including phenoxy) is 1. The zero-order valence-corrected chi connectivity index (χ0v) is 15.3. The van der Waals surface area contributed by atoms with Crippen LogP contribution in [0, 0.1) is 12.7 Å². The highest BCUT2D eigenvalue weighted by Crippen LogP contribution is 2.28. The van der Waals surface area contributed by atoms with Crippen LogP contribution in [-0.2, 0) is 4.79 Å². The zero-order valence-electron chi connectivity index (χ0n) is 15.3. The number of para-hydroxylation sites is 1. The molecule has 2 heterocycles. The first-order valence-corrected chi connectivity index (χ1v) is 8.63. The fraction of sp³-hybridized carbons (Fsp3) is 0.421. The lowest BCUT2D eigenvalue weighted by Gasteiger charge is -2.19. The summed E-state index contributed by atoms with van der Waals surface area (Å²) in [4.78, 5) is 24.9. The lowest BCUT2D eigenvalue weighted by Crippen LogP contribution is -2.36. The molecule has 0 aliphatic carbocycles. The Hall–Kier alpha value is -2.54. The van der Waals surface area contributed by atoms with Crippen LogP contribution in [0.3, 0.4) is 0 Å². The van der Waals surface area contributed by atoms with E-state index in [0.717, 1.165) is 12.1 Å². The Labute approximate surface area is 152 Å². The van der Waals surface area contributed by atoms with Crippen molar-refractivity contribution < 1.29 is 13.9 Å². The number of aryl methyl sites for hydroxylation is 1. The van der Waals surface area contributed by atoms with Crippen molar-refractivity contribution in [1.82, 2.24) is 19.8 Å². The van der Waals surface area contributed by atoms with Gasteiger partial charge in [0, 0.05) is 30.8 Å². The van der Waals surface area contributed by atoms with Gasteiger partial charge in [0.25, 0.3) is 0 Å². The predicted molar refractivity (Wildman–Crippen MR) is 95.7 cm³/mol. The summed E-state index contributed by atoms with van der Waals surface area (Å²) in [5.74, 6) is 0.807. The average molecular weight is 358 g/mol. The summed E-state index contributed by atoms with van der Waals surface area (Å²) in [6.07, 6.45) is 0.807. The number of rotatable bonds is 5. The van der Waals surface area contributed by atoms with Gasteiger partial charge in [-0.1, -0.05) is 12.1 Å². The third kappa shape index (κ3) is 4.35. The second-order valence-corrected chi connectivity index (χ2v) is 6.80. The highest BCUT2D eigenvalue weighted by Gasteiger charge is 2.29. The van der Waals surface area contributed by atoms with E-state index in [1.54, 1.807) is 24.3 Å². The summed E-state index contributed by atoms with van der Waals surface area (Å²) in [7, 11) is 3.75. The zero-order chi connectivity index (χ0) is 18.7. The Kier molecular flexibility index (Phi) is 5.46. The van der Waals surface area contributed by atoms with Gasteiger partial charge >= 0.3 is 0 Å². The molecule has 0 spiro atoms. The molecule has 0 N–H and O–H groups in total. The maximum atomic E-state index is 13.8. The Morgan fingerprint density at radius 2 is 2.12 bits per heavy atom. The minimum absolute atomic E-state index is 0.0592. The summed E-state index contributed by atoms with van der Waals surface area (Å²) in [6, 6.07) is 7.90. The molecule has 0 saturated carbocycles. The highest BCUT2D eigenvalue weighted by molar-refractivity contribution is 5.78. The first-order valence-electron chi connectivity index (χ1n) is 8.63. The van der Waals surface area contributed by atoms with E-state index >= 15 is 0 Å². The standard InChI is InChI=1S/C19H23FN4O2/c1-13-10-17(26-16-7-5-4-6-15(16)20)22-19(21-13)14-8-9-24(11-14)18(25)12-23(2)3/h4-7,10,14H,8-9,11-12H2,1-3H3. The molecule has 2 aromatic rings. The molecule has 1 atom stereocenters. The first-order chi connectivity index (χ1) is 12.4. The second-order valence-electron chi connectivity index (χ2n) is 6.80. The van der Waals surface area contributed by atoms with E-state index in [1.165, 1.54) is 6.07 Å². The Bertz CT molecular complexity index is 797. The van der Waals surface area contributed by atoms with Crippen molar-refractivity contribution in [2.24, 2.45) is 0 Å². The van der Waals surface area contributed by atoms with Crippen LogP contribution in [0.25, 0.3) is 0 Å². The van der Waals surface area contributed by atoms with Crippen LogP contribution in [0.5, 0.6) is 11.6 Å². The number of hydrogen-bond acceptors (Lipinski definition) is 5. The number of carbonyl (C=O) groups is 1. The summed E-state index contributed by atoms with van der Waals surface area (Å²) < 4.78 is 19.4. The van der Waals surface area contributed by atoms with Crippen molar-refractivity contribution in [2.45, 2.75) is 19.3 Å². The Morgan fingerprint density at radius 3 is 2.85 bits per heavy atom. The number of benzene rings is 1. The summed E-state index contributed by atoms with van der Waals surface area (Å²) in [5.41, 5.74) is 0.749. The van der Waals surface area contributed by atoms with Crippen molar-refractivity contribution in [2.75, 3.05) is 33.7 Å². The maximum absolute atomic E-state index is 13.8. The Balaban J connectivity index is 1.74. The van der Waals surface area contributed by atoms with Gasteiger partial charge in [0.05, 0.1) is 6.54 Å². The molecular formula is C19H23FN4O2. The fourth-order valence-corrected chi connectivity index (χ4v) is 3.00. The van der Waals surface area contributed by atoms with Crippen molar-refractivity contribution in [1.29, 1.82) is 0 Å². The number of hydrogen-bond donors (Lipinski definition) is 0. The van der Waals surface area contributed by atoms with Crippen LogP contribution in [0.4, 0.5) is 4.39 Å². The summed E-state index contributed by atoms with van der Waals surface area (Å²) in [6.45, 7) is 3.53. The van der Waals surface area contributed by atoms with E-state index in [1.807, 2.05) is 30.8 Å². The normalized spacial score (nSPS) is 17.0. The molecule has 0 bridgehead atoms. The van der Waals surface area contributed by atoms with E-state index in [0.29, 0.717) is 31.3 Å². The van der Waals surface area contributed by atoms with Crippen LogP contribution in [-0.4, -0.2) is 59.4 Å². The topological polar surface area (TPSA) is 58.6 Å². The molecule has 1 aliphatic rings. The number of aromatic nitrogens is 2. The molecule has 26 heavy (non-hydrogen) atoms. The molecule has 6 nitrogen and oxygen atoms in total. The van der Waals surface area contributed by atoms with E-state index in [9.17, 15) is 9.18 Å². The second kappa shape index (κ2) is 7.78. The van der Waals surface area contributed by atoms with E-state index < -0.39 is 5.82 Å². The monoisotopic (exact) mass is 358 g/mol. The molecule has 1 unspecified atom stereocenters. The summed E-state index contributed by atoms with van der Waals surface area (Å²) >= 11 is 0. The molecule has 1 aliphatic heterocycles. The molecule has 1 amide bonds. The van der Waals surface area contributed by atoms with Crippen LogP contribution in [0.1, 0.15) is 23.9 Å². The van der Waals surface area contributed by atoms with E-state index in [4.69, 9.17) is 4.74 Å². The molecular weight excluding hydrogens is 335 g/mol. The molecule has 0 radical (unpaired) electrons. The van der Waals surface area contributed by atoms with Crippen molar-refractivity contribution in [3.63, 3.8) is 0 Å². The van der Waals surface area contributed by atoms with Crippen molar-refractivity contribution >= 4 is 5.91 Å². The van der Waals surface area contributed by atoms with Gasteiger partial charge in [-0.2, -0.15) is 4.98 Å². The van der Waals surface area contributed by atoms with E-state index in [-0.39, 0.29) is 17.6 Å². The minimum atomic E-state index is -0.438. The quantitative estimate of drug-likeness (QED) is 0.822. The molecule has 1 fully saturated rings. The molecule has 138 valence electrons. The van der Waals surface area contributed by atoms with Gasteiger partial charge in [-0.3, -0.25) is 4.79 Å². The van der Waals surface area contributed by atoms with Gasteiger partial charge in [-0.15, -0.1) is 0 Å². The van der Waals surface area contributed by atoms with Gasteiger partial charge in [0.15, 0.2) is 11.6 Å². The van der Waals surface area contributed by atoms with Gasteiger partial charge in [-0.25, -0.2) is 9.37 Å². The van der Waals surface area contributed by atoms with Crippen LogP contribution in [0.2, 0.25) is 0 Å². The molecule has 3 rings (SSSR count). The maximum Gasteiger partial charge on any atom is 0.236 e. The smallest absolute Gasteiger partial charge is 0.236 e.